The molecule has 0 unspecified atom stereocenters. The molecule has 4 nitrogen and oxygen atoms in total. The van der Waals surface area contributed by atoms with Crippen LogP contribution in [-0.4, -0.2) is 24.2 Å². The normalized spacial score (nSPS) is 11.3. The van der Waals surface area contributed by atoms with Crippen molar-refractivity contribution in [3.8, 4) is 17.0 Å². The highest BCUT2D eigenvalue weighted by Gasteiger charge is 2.18. The van der Waals surface area contributed by atoms with Crippen LogP contribution in [0.4, 0.5) is 0 Å². The molecule has 0 atom stereocenters. The van der Waals surface area contributed by atoms with Crippen LogP contribution in [0.2, 0.25) is 0 Å². The number of ether oxygens (including phenoxy) is 2. The zero-order valence-electron chi connectivity index (χ0n) is 17.0. The maximum absolute atomic E-state index is 11.3. The summed E-state index contributed by atoms with van der Waals surface area (Å²) in [5, 5.41) is 0. The van der Waals surface area contributed by atoms with Crippen molar-refractivity contribution in [2.45, 2.75) is 58.8 Å². The number of esters is 1. The average Bonchev–Trinajstić information content (AvgIpc) is 2.64. The molecular formula is C23H31NO3. The Labute approximate surface area is 162 Å². The van der Waals surface area contributed by atoms with Gasteiger partial charge >= 0.3 is 5.97 Å². The second kappa shape index (κ2) is 10.1. The van der Waals surface area contributed by atoms with Gasteiger partial charge in [0.2, 0.25) is 5.88 Å². The minimum Gasteiger partial charge on any atom is -0.478 e. The molecule has 0 aliphatic carbocycles. The van der Waals surface area contributed by atoms with E-state index in [0.29, 0.717) is 25.5 Å². The van der Waals surface area contributed by atoms with E-state index in [1.165, 1.54) is 0 Å². The molecule has 4 heteroatoms. The van der Waals surface area contributed by atoms with Crippen LogP contribution in [0.15, 0.2) is 42.5 Å². The van der Waals surface area contributed by atoms with E-state index >= 15 is 0 Å². The number of hydrogen-bond acceptors (Lipinski definition) is 4. The van der Waals surface area contributed by atoms with Gasteiger partial charge in [0.25, 0.3) is 0 Å². The van der Waals surface area contributed by atoms with E-state index in [0.717, 1.165) is 36.1 Å². The lowest BCUT2D eigenvalue weighted by atomic mass is 9.90. The third kappa shape index (κ3) is 7.05. The second-order valence-electron chi connectivity index (χ2n) is 7.66. The molecule has 0 amide bonds. The zero-order valence-corrected chi connectivity index (χ0v) is 17.0. The van der Waals surface area contributed by atoms with E-state index in [4.69, 9.17) is 14.5 Å². The average molecular weight is 370 g/mol. The fourth-order valence-corrected chi connectivity index (χ4v) is 2.72. The topological polar surface area (TPSA) is 48.4 Å². The smallest absolute Gasteiger partial charge is 0.305 e. The van der Waals surface area contributed by atoms with Crippen LogP contribution >= 0.6 is 0 Å². The summed E-state index contributed by atoms with van der Waals surface area (Å²) in [4.78, 5) is 16.0. The number of hydrogen-bond donors (Lipinski definition) is 0. The molecule has 2 aromatic rings. The lowest BCUT2D eigenvalue weighted by Gasteiger charge is -2.20. The second-order valence-corrected chi connectivity index (χ2v) is 7.66. The first-order valence-electron chi connectivity index (χ1n) is 9.76. The van der Waals surface area contributed by atoms with Crippen LogP contribution in [-0.2, 0) is 14.9 Å². The number of nitrogens with zero attached hydrogens (tertiary/aromatic N) is 1. The van der Waals surface area contributed by atoms with Crippen molar-refractivity contribution in [1.29, 1.82) is 0 Å². The lowest BCUT2D eigenvalue weighted by Crippen LogP contribution is -2.14. The maximum Gasteiger partial charge on any atom is 0.305 e. The highest BCUT2D eigenvalue weighted by Crippen LogP contribution is 2.29. The number of benzene rings is 1. The van der Waals surface area contributed by atoms with Gasteiger partial charge in [0.1, 0.15) is 0 Å². The third-order valence-corrected chi connectivity index (χ3v) is 4.26. The molecule has 0 saturated carbocycles. The van der Waals surface area contributed by atoms with E-state index < -0.39 is 0 Å². The number of pyridine rings is 1. The minimum atomic E-state index is -0.120. The van der Waals surface area contributed by atoms with Gasteiger partial charge in [-0.1, -0.05) is 51.1 Å². The van der Waals surface area contributed by atoms with E-state index in [1.54, 1.807) is 0 Å². The Kier molecular flexibility index (Phi) is 7.83. The lowest BCUT2D eigenvalue weighted by molar-refractivity contribution is -0.143. The Hall–Kier alpha value is -2.36. The summed E-state index contributed by atoms with van der Waals surface area (Å²) in [7, 11) is 0. The Morgan fingerprint density at radius 3 is 2.41 bits per heavy atom. The van der Waals surface area contributed by atoms with Gasteiger partial charge in [0.15, 0.2) is 0 Å². The highest BCUT2D eigenvalue weighted by molar-refractivity contribution is 5.69. The van der Waals surface area contributed by atoms with E-state index in [2.05, 4.69) is 39.0 Å². The molecular weight excluding hydrogens is 338 g/mol. The summed E-state index contributed by atoms with van der Waals surface area (Å²) in [5.41, 5.74) is 3.24. The van der Waals surface area contributed by atoms with Crippen LogP contribution in [0.1, 0.15) is 59.1 Å². The fraction of sp³-hybridized carbons (Fsp3) is 0.478. The number of unbranched alkanes of at least 4 members (excludes halogenated alkanes) is 2. The molecule has 146 valence electrons. The van der Waals surface area contributed by atoms with Gasteiger partial charge in [-0.3, -0.25) is 4.79 Å². The van der Waals surface area contributed by atoms with E-state index in [1.807, 2.05) is 31.2 Å². The van der Waals surface area contributed by atoms with Gasteiger partial charge in [-0.25, -0.2) is 4.98 Å². The van der Waals surface area contributed by atoms with Gasteiger partial charge < -0.3 is 9.47 Å². The Balaban J connectivity index is 1.96. The molecule has 2 rings (SSSR count). The van der Waals surface area contributed by atoms with Gasteiger partial charge in [-0.2, -0.15) is 0 Å². The summed E-state index contributed by atoms with van der Waals surface area (Å²) in [6, 6.07) is 14.4. The number of carbonyl (C=O) groups is 1. The monoisotopic (exact) mass is 369 g/mol. The first-order valence-corrected chi connectivity index (χ1v) is 9.76. The van der Waals surface area contributed by atoms with Crippen molar-refractivity contribution in [3.05, 3.63) is 48.2 Å². The molecule has 1 heterocycles. The van der Waals surface area contributed by atoms with Crippen molar-refractivity contribution >= 4 is 5.97 Å². The molecule has 1 aromatic heterocycles. The predicted octanol–water partition coefficient (Wildman–Crippen LogP) is 5.55. The van der Waals surface area contributed by atoms with Gasteiger partial charge in [0, 0.05) is 17.9 Å². The van der Waals surface area contributed by atoms with E-state index in [-0.39, 0.29) is 11.4 Å². The van der Waals surface area contributed by atoms with Crippen LogP contribution in [0, 0.1) is 0 Å². The van der Waals surface area contributed by atoms with Crippen LogP contribution in [0.3, 0.4) is 0 Å². The minimum absolute atomic E-state index is 0.0530. The summed E-state index contributed by atoms with van der Waals surface area (Å²) in [5.74, 6) is 0.539. The summed E-state index contributed by atoms with van der Waals surface area (Å²) < 4.78 is 10.9. The predicted molar refractivity (Wildman–Crippen MR) is 109 cm³/mol. The van der Waals surface area contributed by atoms with Gasteiger partial charge in [0.05, 0.1) is 18.9 Å². The van der Waals surface area contributed by atoms with Crippen LogP contribution < -0.4 is 4.74 Å². The van der Waals surface area contributed by atoms with Crippen LogP contribution in [0.25, 0.3) is 11.1 Å². The van der Waals surface area contributed by atoms with Crippen molar-refractivity contribution in [1.82, 2.24) is 4.98 Å². The Bertz CT molecular complexity index is 720. The molecule has 0 fully saturated rings. The molecule has 0 bridgehead atoms. The van der Waals surface area contributed by atoms with Crippen molar-refractivity contribution in [3.63, 3.8) is 0 Å². The molecule has 0 spiro atoms. The zero-order chi connectivity index (χ0) is 19.7. The van der Waals surface area contributed by atoms with Crippen molar-refractivity contribution in [2.24, 2.45) is 0 Å². The SMILES string of the molecule is CCOC(=O)CCCCCOc1cc(-c2ccccc2)cc(C(C)(C)C)n1. The number of rotatable bonds is 9. The number of aromatic nitrogens is 1. The molecule has 27 heavy (non-hydrogen) atoms. The molecule has 0 aliphatic rings. The first-order chi connectivity index (χ1) is 12.9. The highest BCUT2D eigenvalue weighted by atomic mass is 16.5. The van der Waals surface area contributed by atoms with Gasteiger partial charge in [-0.05, 0) is 43.4 Å². The summed E-state index contributed by atoms with van der Waals surface area (Å²) in [6.45, 7) is 9.34. The Morgan fingerprint density at radius 2 is 1.74 bits per heavy atom. The molecule has 0 aliphatic heterocycles. The number of carbonyl (C=O) groups excluding carboxylic acids is 1. The van der Waals surface area contributed by atoms with Crippen LogP contribution in [0.5, 0.6) is 5.88 Å². The molecule has 0 saturated heterocycles. The van der Waals surface area contributed by atoms with Crippen molar-refractivity contribution < 1.29 is 14.3 Å². The molecule has 0 radical (unpaired) electrons. The Morgan fingerprint density at radius 1 is 1.00 bits per heavy atom. The summed E-state index contributed by atoms with van der Waals surface area (Å²) in [6.07, 6.45) is 3.13. The van der Waals surface area contributed by atoms with E-state index in [9.17, 15) is 4.79 Å². The standard InChI is InChI=1S/C23H31NO3/c1-5-26-22(25)14-10-7-11-15-27-21-17-19(18-12-8-6-9-13-18)16-20(24-21)23(2,3)4/h6,8-9,12-13,16-17H,5,7,10-11,14-15H2,1-4H3. The maximum atomic E-state index is 11.3. The fourth-order valence-electron chi connectivity index (χ4n) is 2.72. The summed E-state index contributed by atoms with van der Waals surface area (Å²) >= 11 is 0. The third-order valence-electron chi connectivity index (χ3n) is 4.26. The largest absolute Gasteiger partial charge is 0.478 e. The van der Waals surface area contributed by atoms with Crippen molar-refractivity contribution in [2.75, 3.05) is 13.2 Å². The molecule has 0 N–H and O–H groups in total. The van der Waals surface area contributed by atoms with Gasteiger partial charge in [-0.15, -0.1) is 0 Å². The quantitative estimate of drug-likeness (QED) is 0.429. The first kappa shape index (κ1) is 20.9. The molecule has 1 aromatic carbocycles.